The average Bonchev–Trinajstić information content (AvgIpc) is 2.02. The van der Waals surface area contributed by atoms with Crippen molar-refractivity contribution in [3.63, 3.8) is 0 Å². The van der Waals surface area contributed by atoms with Gasteiger partial charge in [-0.1, -0.05) is 43.7 Å². The van der Waals surface area contributed by atoms with Crippen LogP contribution in [0.25, 0.3) is 0 Å². The fourth-order valence-electron chi connectivity index (χ4n) is 1.98. The van der Waals surface area contributed by atoms with E-state index in [9.17, 15) is 0 Å². The smallest absolute Gasteiger partial charge is 0.00981 e. The number of allylic oxidation sites excluding steroid dienone is 6. The molecule has 1 aliphatic rings. The highest BCUT2D eigenvalue weighted by Gasteiger charge is 2.25. The molecule has 0 aromatic carbocycles. The highest BCUT2D eigenvalue weighted by molar-refractivity contribution is 5.39. The SMILES string of the molecule is C/C=C/C=C1\C(C)=CCCC1(C)C. The lowest BCUT2D eigenvalue weighted by Crippen LogP contribution is -2.18. The summed E-state index contributed by atoms with van der Waals surface area (Å²) in [5.41, 5.74) is 3.31. The van der Waals surface area contributed by atoms with Gasteiger partial charge in [0.15, 0.2) is 0 Å². The fraction of sp³-hybridized carbons (Fsp3) is 0.538. The summed E-state index contributed by atoms with van der Waals surface area (Å²) < 4.78 is 0. The Hall–Kier alpha value is -0.780. The minimum atomic E-state index is 0.359. The molecule has 0 aromatic rings. The minimum absolute atomic E-state index is 0.359. The Morgan fingerprint density at radius 3 is 2.62 bits per heavy atom. The maximum absolute atomic E-state index is 2.35. The van der Waals surface area contributed by atoms with E-state index in [0.29, 0.717) is 5.41 Å². The van der Waals surface area contributed by atoms with E-state index >= 15 is 0 Å². The van der Waals surface area contributed by atoms with Crippen LogP contribution in [0.2, 0.25) is 0 Å². The molecule has 0 unspecified atom stereocenters. The quantitative estimate of drug-likeness (QED) is 0.560. The lowest BCUT2D eigenvalue weighted by Gasteiger charge is -2.32. The van der Waals surface area contributed by atoms with Crippen molar-refractivity contribution in [3.05, 3.63) is 35.5 Å². The topological polar surface area (TPSA) is 0 Å². The van der Waals surface area contributed by atoms with Crippen LogP contribution in [0.1, 0.15) is 40.5 Å². The van der Waals surface area contributed by atoms with E-state index in [0.717, 1.165) is 0 Å². The van der Waals surface area contributed by atoms with Crippen LogP contribution in [0.4, 0.5) is 0 Å². The standard InChI is InChI=1S/C13H20/c1-5-6-9-12-11(2)8-7-10-13(12,3)4/h5-6,8-9H,7,10H2,1-4H3/b6-5+,12-9+. The lowest BCUT2D eigenvalue weighted by molar-refractivity contribution is 0.404. The van der Waals surface area contributed by atoms with Gasteiger partial charge in [0.25, 0.3) is 0 Å². The van der Waals surface area contributed by atoms with Crippen molar-refractivity contribution in [1.82, 2.24) is 0 Å². The van der Waals surface area contributed by atoms with Crippen LogP contribution < -0.4 is 0 Å². The van der Waals surface area contributed by atoms with Crippen LogP contribution in [-0.2, 0) is 0 Å². The van der Waals surface area contributed by atoms with E-state index in [2.05, 4.69) is 52.0 Å². The predicted molar refractivity (Wildman–Crippen MR) is 59.7 cm³/mol. The summed E-state index contributed by atoms with van der Waals surface area (Å²) in [6, 6.07) is 0. The molecular weight excluding hydrogens is 156 g/mol. The second-order valence-electron chi connectivity index (χ2n) is 4.42. The van der Waals surface area contributed by atoms with Crippen molar-refractivity contribution < 1.29 is 0 Å². The van der Waals surface area contributed by atoms with Crippen LogP contribution >= 0.6 is 0 Å². The van der Waals surface area contributed by atoms with E-state index in [1.54, 1.807) is 0 Å². The summed E-state index contributed by atoms with van der Waals surface area (Å²) >= 11 is 0. The van der Waals surface area contributed by atoms with Crippen molar-refractivity contribution in [3.8, 4) is 0 Å². The van der Waals surface area contributed by atoms with Gasteiger partial charge in [-0.05, 0) is 37.7 Å². The first-order valence-electron chi connectivity index (χ1n) is 5.08. The molecule has 0 heteroatoms. The third-order valence-corrected chi connectivity index (χ3v) is 2.83. The molecule has 0 N–H and O–H groups in total. The van der Waals surface area contributed by atoms with Gasteiger partial charge in [0, 0.05) is 0 Å². The van der Waals surface area contributed by atoms with Crippen molar-refractivity contribution in [2.75, 3.05) is 0 Å². The van der Waals surface area contributed by atoms with E-state index in [1.807, 2.05) is 0 Å². The molecule has 1 aliphatic carbocycles. The molecule has 0 atom stereocenters. The van der Waals surface area contributed by atoms with Crippen LogP contribution in [0.5, 0.6) is 0 Å². The third kappa shape index (κ3) is 2.33. The Morgan fingerprint density at radius 2 is 2.08 bits per heavy atom. The van der Waals surface area contributed by atoms with Crippen LogP contribution in [0, 0.1) is 5.41 Å². The number of rotatable bonds is 1. The van der Waals surface area contributed by atoms with Crippen molar-refractivity contribution in [2.45, 2.75) is 40.5 Å². The molecule has 0 amide bonds. The molecule has 0 heterocycles. The van der Waals surface area contributed by atoms with Gasteiger partial charge in [0.1, 0.15) is 0 Å². The molecule has 0 spiro atoms. The Labute approximate surface area is 82.0 Å². The van der Waals surface area contributed by atoms with Crippen LogP contribution in [0.15, 0.2) is 35.5 Å². The van der Waals surface area contributed by atoms with Gasteiger partial charge in [0.2, 0.25) is 0 Å². The molecule has 0 bridgehead atoms. The van der Waals surface area contributed by atoms with Gasteiger partial charge >= 0.3 is 0 Å². The molecule has 0 aromatic heterocycles. The monoisotopic (exact) mass is 176 g/mol. The second-order valence-corrected chi connectivity index (χ2v) is 4.42. The molecule has 0 nitrogen and oxygen atoms in total. The molecule has 0 radical (unpaired) electrons. The van der Waals surface area contributed by atoms with Gasteiger partial charge in [0.05, 0.1) is 0 Å². The third-order valence-electron chi connectivity index (χ3n) is 2.83. The molecule has 0 aliphatic heterocycles. The Kier molecular flexibility index (Phi) is 3.13. The van der Waals surface area contributed by atoms with Gasteiger partial charge in [-0.2, -0.15) is 0 Å². The zero-order valence-corrected chi connectivity index (χ0v) is 9.22. The van der Waals surface area contributed by atoms with Crippen LogP contribution in [-0.4, -0.2) is 0 Å². The molecule has 1 rings (SSSR count). The first-order valence-corrected chi connectivity index (χ1v) is 5.08. The number of hydrogen-bond acceptors (Lipinski definition) is 0. The van der Waals surface area contributed by atoms with E-state index in [-0.39, 0.29) is 0 Å². The van der Waals surface area contributed by atoms with Gasteiger partial charge < -0.3 is 0 Å². The summed E-state index contributed by atoms with van der Waals surface area (Å²) in [7, 11) is 0. The minimum Gasteiger partial charge on any atom is -0.0877 e. The maximum Gasteiger partial charge on any atom is -0.00981 e. The highest BCUT2D eigenvalue weighted by atomic mass is 14.3. The largest absolute Gasteiger partial charge is 0.0877 e. The summed E-state index contributed by atoms with van der Waals surface area (Å²) in [5.74, 6) is 0. The highest BCUT2D eigenvalue weighted by Crippen LogP contribution is 2.40. The summed E-state index contributed by atoms with van der Waals surface area (Å²) in [6.45, 7) is 8.94. The predicted octanol–water partition coefficient (Wildman–Crippen LogP) is 4.26. The first-order chi connectivity index (χ1) is 6.08. The summed E-state index contributed by atoms with van der Waals surface area (Å²) in [4.78, 5) is 0. The fourth-order valence-corrected chi connectivity index (χ4v) is 1.98. The molecular formula is C13H20. The maximum atomic E-state index is 2.35. The zero-order valence-electron chi connectivity index (χ0n) is 9.22. The van der Waals surface area contributed by atoms with E-state index in [4.69, 9.17) is 0 Å². The van der Waals surface area contributed by atoms with Crippen LogP contribution in [0.3, 0.4) is 0 Å². The van der Waals surface area contributed by atoms with E-state index in [1.165, 1.54) is 24.0 Å². The Bertz CT molecular complexity index is 262. The zero-order chi connectivity index (χ0) is 9.90. The van der Waals surface area contributed by atoms with Crippen molar-refractivity contribution >= 4 is 0 Å². The molecule has 0 fully saturated rings. The lowest BCUT2D eigenvalue weighted by atomic mass is 9.73. The Balaban J connectivity index is 3.00. The Morgan fingerprint density at radius 1 is 1.38 bits per heavy atom. The molecule has 0 saturated carbocycles. The summed E-state index contributed by atoms with van der Waals surface area (Å²) in [6.07, 6.45) is 11.3. The van der Waals surface area contributed by atoms with Crippen molar-refractivity contribution in [2.24, 2.45) is 5.41 Å². The molecule has 13 heavy (non-hydrogen) atoms. The van der Waals surface area contributed by atoms with Gasteiger partial charge in [-0.3, -0.25) is 0 Å². The normalized spacial score (nSPS) is 25.2. The van der Waals surface area contributed by atoms with Gasteiger partial charge in [-0.25, -0.2) is 0 Å². The second kappa shape index (κ2) is 3.95. The van der Waals surface area contributed by atoms with Gasteiger partial charge in [-0.15, -0.1) is 0 Å². The summed E-state index contributed by atoms with van der Waals surface area (Å²) in [5, 5.41) is 0. The molecule has 72 valence electrons. The first kappa shape index (κ1) is 10.3. The van der Waals surface area contributed by atoms with Crippen molar-refractivity contribution in [1.29, 1.82) is 0 Å². The average molecular weight is 176 g/mol. The van der Waals surface area contributed by atoms with E-state index < -0.39 is 0 Å². The number of hydrogen-bond donors (Lipinski definition) is 0. The molecule has 0 saturated heterocycles.